The molecule has 6 nitrogen and oxygen atoms in total. The summed E-state index contributed by atoms with van der Waals surface area (Å²) in [5.74, 6) is 1.16. The molecule has 130 valence electrons. The molecule has 0 saturated carbocycles. The highest BCUT2D eigenvalue weighted by Gasteiger charge is 2.48. The second-order valence-electron chi connectivity index (χ2n) is 6.97. The van der Waals surface area contributed by atoms with Crippen LogP contribution in [0.4, 0.5) is 5.95 Å². The lowest BCUT2D eigenvalue weighted by molar-refractivity contribution is -0.119. The first-order valence-electron chi connectivity index (χ1n) is 8.97. The number of pyridine rings is 1. The third-order valence-corrected chi connectivity index (χ3v) is 5.59. The molecule has 2 aromatic heterocycles. The van der Waals surface area contributed by atoms with Gasteiger partial charge in [0, 0.05) is 50.2 Å². The second-order valence-corrected chi connectivity index (χ2v) is 6.97. The molecule has 0 radical (unpaired) electrons. The van der Waals surface area contributed by atoms with E-state index in [-0.39, 0.29) is 17.4 Å². The Morgan fingerprint density at radius 2 is 1.88 bits per heavy atom. The number of anilines is 1. The predicted octanol–water partition coefficient (Wildman–Crippen LogP) is 2.08. The van der Waals surface area contributed by atoms with Crippen LogP contribution < -0.4 is 10.2 Å². The van der Waals surface area contributed by atoms with Crippen molar-refractivity contribution < 1.29 is 4.79 Å². The van der Waals surface area contributed by atoms with Crippen LogP contribution >= 0.6 is 0 Å². The molecule has 25 heavy (non-hydrogen) atoms. The molecule has 1 N–H and O–H groups in total. The van der Waals surface area contributed by atoms with Crippen LogP contribution in [0.5, 0.6) is 0 Å². The zero-order chi connectivity index (χ0) is 17.3. The number of hydrogen-bond donors (Lipinski definition) is 1. The van der Waals surface area contributed by atoms with Gasteiger partial charge in [-0.25, -0.2) is 9.97 Å². The fourth-order valence-electron chi connectivity index (χ4n) is 4.10. The fourth-order valence-corrected chi connectivity index (χ4v) is 4.10. The number of rotatable bonds is 3. The van der Waals surface area contributed by atoms with E-state index in [4.69, 9.17) is 0 Å². The molecule has 0 aromatic carbocycles. The van der Waals surface area contributed by atoms with Crippen molar-refractivity contribution in [3.05, 3.63) is 48.0 Å². The highest BCUT2D eigenvalue weighted by molar-refractivity contribution is 5.81. The molecule has 0 aliphatic carbocycles. The minimum atomic E-state index is -0.154. The van der Waals surface area contributed by atoms with Crippen molar-refractivity contribution in [2.24, 2.45) is 0 Å². The van der Waals surface area contributed by atoms with Gasteiger partial charge in [0.15, 0.2) is 0 Å². The molecule has 4 heterocycles. The summed E-state index contributed by atoms with van der Waals surface area (Å²) in [6.45, 7) is 3.81. The molecule has 2 saturated heterocycles. The van der Waals surface area contributed by atoms with E-state index in [2.05, 4.69) is 32.1 Å². The Kier molecular flexibility index (Phi) is 4.11. The van der Waals surface area contributed by atoms with Gasteiger partial charge in [-0.2, -0.15) is 0 Å². The molecule has 0 bridgehead atoms. The van der Waals surface area contributed by atoms with Gasteiger partial charge in [0.25, 0.3) is 0 Å². The van der Waals surface area contributed by atoms with Crippen molar-refractivity contribution in [1.29, 1.82) is 0 Å². The highest BCUT2D eigenvalue weighted by atomic mass is 16.2. The van der Waals surface area contributed by atoms with E-state index >= 15 is 0 Å². The Morgan fingerprint density at radius 3 is 2.52 bits per heavy atom. The quantitative estimate of drug-likeness (QED) is 0.928. The first kappa shape index (κ1) is 16.0. The van der Waals surface area contributed by atoms with Crippen LogP contribution in [-0.4, -0.2) is 39.5 Å². The third kappa shape index (κ3) is 2.97. The summed E-state index contributed by atoms with van der Waals surface area (Å²) in [4.78, 5) is 27.5. The molecule has 1 unspecified atom stereocenters. The highest BCUT2D eigenvalue weighted by Crippen LogP contribution is 2.43. The Bertz CT molecular complexity index is 738. The molecule has 2 aliphatic heterocycles. The Labute approximate surface area is 147 Å². The largest absolute Gasteiger partial charge is 0.350 e. The predicted molar refractivity (Wildman–Crippen MR) is 95.3 cm³/mol. The van der Waals surface area contributed by atoms with Gasteiger partial charge < -0.3 is 10.2 Å². The molecule has 4 rings (SSSR count). The molecule has 2 aliphatic rings. The van der Waals surface area contributed by atoms with Crippen LogP contribution in [0.25, 0.3) is 0 Å². The van der Waals surface area contributed by atoms with Gasteiger partial charge in [0.1, 0.15) is 0 Å². The van der Waals surface area contributed by atoms with Crippen molar-refractivity contribution in [2.45, 2.75) is 44.1 Å². The molecule has 1 spiro atoms. The number of aryl methyl sites for hydroxylation is 1. The van der Waals surface area contributed by atoms with Gasteiger partial charge in [0.05, 0.1) is 5.54 Å². The molecule has 6 heteroatoms. The van der Waals surface area contributed by atoms with E-state index in [9.17, 15) is 4.79 Å². The fraction of sp³-hybridized carbons (Fsp3) is 0.474. The smallest absolute Gasteiger partial charge is 0.225 e. The van der Waals surface area contributed by atoms with Crippen LogP contribution in [0.3, 0.4) is 0 Å². The molecule has 1 amide bonds. The van der Waals surface area contributed by atoms with Crippen LogP contribution in [0, 0.1) is 0 Å². The number of nitrogens with one attached hydrogen (secondary N) is 1. The first-order chi connectivity index (χ1) is 12.2. The number of piperidine rings is 1. The summed E-state index contributed by atoms with van der Waals surface area (Å²) in [5.41, 5.74) is 2.20. The minimum Gasteiger partial charge on any atom is -0.350 e. The van der Waals surface area contributed by atoms with Crippen molar-refractivity contribution >= 4 is 11.9 Å². The van der Waals surface area contributed by atoms with Gasteiger partial charge in [0.2, 0.25) is 11.9 Å². The standard InChI is InChI=1S/C19H23N5O/c1-2-14-12-21-18(22-13-14)24-9-5-19(6-10-24)16(11-17(25)23-19)15-3-7-20-8-4-15/h3-4,7-8,12-13,16H,2,5-6,9-11H2,1H3,(H,23,25). The maximum Gasteiger partial charge on any atom is 0.225 e. The lowest BCUT2D eigenvalue weighted by Gasteiger charge is -2.43. The van der Waals surface area contributed by atoms with Gasteiger partial charge in [-0.15, -0.1) is 0 Å². The lowest BCUT2D eigenvalue weighted by Crippen LogP contribution is -2.53. The zero-order valence-electron chi connectivity index (χ0n) is 14.5. The van der Waals surface area contributed by atoms with Crippen LogP contribution in [0.1, 0.15) is 43.2 Å². The maximum atomic E-state index is 12.2. The van der Waals surface area contributed by atoms with Crippen LogP contribution in [0.15, 0.2) is 36.9 Å². The van der Waals surface area contributed by atoms with Gasteiger partial charge >= 0.3 is 0 Å². The number of nitrogens with zero attached hydrogens (tertiary/aromatic N) is 4. The normalized spacial score (nSPS) is 22.2. The van der Waals surface area contributed by atoms with Gasteiger partial charge in [-0.1, -0.05) is 6.92 Å². The Balaban J connectivity index is 1.51. The van der Waals surface area contributed by atoms with E-state index in [1.807, 2.05) is 36.9 Å². The third-order valence-electron chi connectivity index (χ3n) is 5.59. The SMILES string of the molecule is CCc1cnc(N2CCC3(CC2)NC(=O)CC3c2ccncc2)nc1. The van der Waals surface area contributed by atoms with Crippen molar-refractivity contribution in [2.75, 3.05) is 18.0 Å². The Hall–Kier alpha value is -2.50. The molecule has 2 fully saturated rings. The Morgan fingerprint density at radius 1 is 1.20 bits per heavy atom. The summed E-state index contributed by atoms with van der Waals surface area (Å²) >= 11 is 0. The first-order valence-corrected chi connectivity index (χ1v) is 8.97. The second kappa shape index (κ2) is 6.43. The number of carbonyl (C=O) groups excluding carboxylic acids is 1. The van der Waals surface area contributed by atoms with E-state index in [0.29, 0.717) is 6.42 Å². The van der Waals surface area contributed by atoms with Crippen molar-refractivity contribution in [3.63, 3.8) is 0 Å². The topological polar surface area (TPSA) is 71.0 Å². The van der Waals surface area contributed by atoms with Crippen LogP contribution in [-0.2, 0) is 11.2 Å². The van der Waals surface area contributed by atoms with Crippen molar-refractivity contribution in [3.8, 4) is 0 Å². The van der Waals surface area contributed by atoms with E-state index in [1.165, 1.54) is 5.56 Å². The summed E-state index contributed by atoms with van der Waals surface area (Å²) in [7, 11) is 0. The van der Waals surface area contributed by atoms with Crippen LogP contribution in [0.2, 0.25) is 0 Å². The molecule has 2 aromatic rings. The van der Waals surface area contributed by atoms with Crippen molar-refractivity contribution in [1.82, 2.24) is 20.3 Å². The number of carbonyl (C=O) groups is 1. The van der Waals surface area contributed by atoms with E-state index < -0.39 is 0 Å². The van der Waals surface area contributed by atoms with Gasteiger partial charge in [-0.3, -0.25) is 9.78 Å². The lowest BCUT2D eigenvalue weighted by atomic mass is 9.74. The number of hydrogen-bond acceptors (Lipinski definition) is 5. The summed E-state index contributed by atoms with van der Waals surface area (Å²) in [5, 5.41) is 3.28. The van der Waals surface area contributed by atoms with E-state index in [0.717, 1.165) is 43.9 Å². The van der Waals surface area contributed by atoms with E-state index in [1.54, 1.807) is 0 Å². The number of aromatic nitrogens is 3. The summed E-state index contributed by atoms with van der Waals surface area (Å²) in [6, 6.07) is 4.07. The zero-order valence-corrected chi connectivity index (χ0v) is 14.5. The average molecular weight is 337 g/mol. The summed E-state index contributed by atoms with van der Waals surface area (Å²) in [6.07, 6.45) is 10.8. The average Bonchev–Trinajstić information content (AvgIpc) is 2.99. The molecule has 1 atom stereocenters. The summed E-state index contributed by atoms with van der Waals surface area (Å²) < 4.78 is 0. The minimum absolute atomic E-state index is 0.152. The molecular weight excluding hydrogens is 314 g/mol. The number of amides is 1. The monoisotopic (exact) mass is 337 g/mol. The molecular formula is C19H23N5O. The van der Waals surface area contributed by atoms with Gasteiger partial charge in [-0.05, 0) is 42.5 Å². The maximum absolute atomic E-state index is 12.2.